The summed E-state index contributed by atoms with van der Waals surface area (Å²) in [6.45, 7) is 2.96. The molecule has 59 heavy (non-hydrogen) atoms. The number of nitriles is 1. The van der Waals surface area contributed by atoms with Crippen LogP contribution in [-0.2, 0) is 24.2 Å². The fourth-order valence-corrected chi connectivity index (χ4v) is 6.25. The highest BCUT2D eigenvalue weighted by Gasteiger charge is 2.39. The van der Waals surface area contributed by atoms with Crippen LogP contribution in [0.25, 0.3) is 32.6 Å². The Morgan fingerprint density at radius 2 is 1.34 bits per heavy atom. The molecule has 0 spiro atoms. The second-order valence-corrected chi connectivity index (χ2v) is 14.6. The zero-order valence-electron chi connectivity index (χ0n) is 29.5. The minimum Gasteiger partial charge on any atom is -0.475 e. The number of carboxylic acids is 3. The van der Waals surface area contributed by atoms with Gasteiger partial charge in [0.05, 0.1) is 27.2 Å². The summed E-state index contributed by atoms with van der Waals surface area (Å²) < 4.78 is 119. The van der Waals surface area contributed by atoms with Crippen molar-refractivity contribution in [2.45, 2.75) is 23.4 Å². The summed E-state index contributed by atoms with van der Waals surface area (Å²) >= 11 is 1.43. The number of halogens is 9. The number of aliphatic carboxylic acids is 3. The van der Waals surface area contributed by atoms with Gasteiger partial charge >= 0.3 is 36.4 Å². The van der Waals surface area contributed by atoms with Crippen molar-refractivity contribution in [1.29, 1.82) is 5.26 Å². The van der Waals surface area contributed by atoms with Crippen molar-refractivity contribution in [2.75, 3.05) is 42.2 Å². The number of benzene rings is 2. The van der Waals surface area contributed by atoms with Crippen LogP contribution >= 0.6 is 11.3 Å². The minimum atomic E-state index is -5.08. The second-order valence-electron chi connectivity index (χ2n) is 11.5. The van der Waals surface area contributed by atoms with Crippen LogP contribution in [0.2, 0.25) is 0 Å². The van der Waals surface area contributed by atoms with Crippen LogP contribution in [0.3, 0.4) is 0 Å². The lowest BCUT2D eigenvalue weighted by atomic mass is 10.0. The predicted molar refractivity (Wildman–Crippen MR) is 190 cm³/mol. The third-order valence-electron chi connectivity index (χ3n) is 7.44. The van der Waals surface area contributed by atoms with Crippen molar-refractivity contribution >= 4 is 61.5 Å². The van der Waals surface area contributed by atoms with Gasteiger partial charge in [-0.2, -0.15) is 49.9 Å². The van der Waals surface area contributed by atoms with Crippen LogP contribution in [0, 0.1) is 11.3 Å². The van der Waals surface area contributed by atoms with E-state index in [9.17, 15) is 53.2 Å². The quantitative estimate of drug-likeness (QED) is 0.143. The van der Waals surface area contributed by atoms with Crippen molar-refractivity contribution in [1.82, 2.24) is 20.2 Å². The van der Waals surface area contributed by atoms with Gasteiger partial charge in [0.25, 0.3) is 0 Å². The van der Waals surface area contributed by atoms with Gasteiger partial charge in [-0.3, -0.25) is 5.10 Å². The Bertz CT molecular complexity index is 2380. The maximum Gasteiger partial charge on any atom is 0.490 e. The second kappa shape index (κ2) is 18.8. The number of carboxylic acid groups (broad SMARTS) is 3. The highest BCUT2D eigenvalue weighted by atomic mass is 32.2. The monoisotopic (exact) mass is 883 g/mol. The fourth-order valence-electron chi connectivity index (χ4n) is 4.78. The molecule has 0 radical (unpaired) electrons. The number of piperazine rings is 1. The van der Waals surface area contributed by atoms with Crippen molar-refractivity contribution in [3.63, 3.8) is 0 Å². The lowest BCUT2D eigenvalue weighted by molar-refractivity contribution is -0.193. The summed E-state index contributed by atoms with van der Waals surface area (Å²) in [6, 6.07) is 19.2. The van der Waals surface area contributed by atoms with Crippen molar-refractivity contribution in [2.24, 2.45) is 0 Å². The highest BCUT2D eigenvalue weighted by Crippen LogP contribution is 2.36. The van der Waals surface area contributed by atoms with Gasteiger partial charge in [-0.05, 0) is 48.0 Å². The number of aromatic nitrogens is 4. The number of carbonyl (C=O) groups is 3. The van der Waals surface area contributed by atoms with E-state index in [1.54, 1.807) is 30.7 Å². The number of anilines is 2. The molecule has 26 heteroatoms. The van der Waals surface area contributed by atoms with Gasteiger partial charge in [0.15, 0.2) is 9.84 Å². The fraction of sp³-hybridized carbons (Fsp3) is 0.242. The van der Waals surface area contributed by atoms with Gasteiger partial charge in [0, 0.05) is 49.1 Å². The van der Waals surface area contributed by atoms with Crippen LogP contribution in [0.4, 0.5) is 51.0 Å². The van der Waals surface area contributed by atoms with Gasteiger partial charge in [-0.25, -0.2) is 32.8 Å². The Morgan fingerprint density at radius 3 is 1.83 bits per heavy atom. The van der Waals surface area contributed by atoms with Crippen LogP contribution in [-0.4, -0.2) is 113 Å². The number of fused-ring (bicyclic) bond motifs is 1. The van der Waals surface area contributed by atoms with Gasteiger partial charge in [0.1, 0.15) is 23.1 Å². The lowest BCUT2D eigenvalue weighted by Gasteiger charge is -2.37. The zero-order chi connectivity index (χ0) is 44.5. The normalized spacial score (nSPS) is 13.1. The van der Waals surface area contributed by atoms with E-state index >= 15 is 0 Å². The molecular weight excluding hydrogens is 858 g/mol. The number of H-pyrrole nitrogens is 1. The first-order chi connectivity index (χ1) is 27.2. The largest absolute Gasteiger partial charge is 0.490 e. The number of thiophene rings is 1. The van der Waals surface area contributed by atoms with E-state index in [2.05, 4.69) is 42.1 Å². The number of aromatic amines is 1. The molecule has 0 amide bonds. The number of rotatable bonds is 5. The summed E-state index contributed by atoms with van der Waals surface area (Å²) in [5.41, 5.74) is 4.57. The van der Waals surface area contributed by atoms with Gasteiger partial charge in [0.2, 0.25) is 0 Å². The standard InChI is InChI=1S/C27H23N7O2S2.3C2HF3O2/c1-38(35,36)21-4-2-3-19(14-21)33-9-11-34(12-10-33)27-22-13-18(5-7-24(22)29-17-30-27)23-16-31-32-26(23)25-8-6-20(15-28)37-25;3*3-2(4,5)1(6)7/h2-8,13-14,16-17H,9-12H2,1H3,(H,31,32);3*(H,6,7). The third kappa shape index (κ3) is 13.3. The molecule has 0 aliphatic carbocycles. The summed E-state index contributed by atoms with van der Waals surface area (Å²) in [6.07, 6.45) is -10.6. The predicted octanol–water partition coefficient (Wildman–Crippen LogP) is 6.25. The Balaban J connectivity index is 0.000000365. The summed E-state index contributed by atoms with van der Waals surface area (Å²) in [5.74, 6) is -7.40. The SMILES string of the molecule is CS(=O)(=O)c1cccc(N2CCN(c3ncnc4ccc(-c5cn[nH]c5-c5ccc(C#N)s5)cc34)CC2)c1.O=C(O)C(F)(F)F.O=C(O)C(F)(F)F.O=C(O)C(F)(F)F. The molecule has 3 aromatic heterocycles. The van der Waals surface area contributed by atoms with Crippen molar-refractivity contribution in [3.05, 3.63) is 72.0 Å². The Morgan fingerprint density at radius 1 is 0.797 bits per heavy atom. The Kier molecular flexibility index (Phi) is 15.0. The van der Waals surface area contributed by atoms with E-state index in [-0.39, 0.29) is 0 Å². The molecule has 1 aliphatic rings. The van der Waals surface area contributed by atoms with E-state index in [1.165, 1.54) is 17.6 Å². The number of nitrogens with one attached hydrogen (secondary N) is 1. The smallest absolute Gasteiger partial charge is 0.475 e. The van der Waals surface area contributed by atoms with E-state index in [4.69, 9.17) is 29.7 Å². The molecule has 2 aromatic carbocycles. The summed E-state index contributed by atoms with van der Waals surface area (Å²) in [4.78, 5) is 42.2. The molecule has 15 nitrogen and oxygen atoms in total. The molecule has 4 N–H and O–H groups in total. The van der Waals surface area contributed by atoms with Crippen LogP contribution < -0.4 is 9.80 Å². The molecule has 0 saturated carbocycles. The summed E-state index contributed by atoms with van der Waals surface area (Å²) in [5, 5.41) is 38.9. The Labute approximate surface area is 329 Å². The average molecular weight is 884 g/mol. The highest BCUT2D eigenvalue weighted by molar-refractivity contribution is 7.90. The van der Waals surface area contributed by atoms with Crippen molar-refractivity contribution in [3.8, 4) is 27.8 Å². The number of alkyl halides is 9. The molecule has 1 saturated heterocycles. The zero-order valence-corrected chi connectivity index (χ0v) is 31.1. The van der Waals surface area contributed by atoms with E-state index in [0.29, 0.717) is 9.77 Å². The molecule has 5 aromatic rings. The van der Waals surface area contributed by atoms with Gasteiger partial charge in [-0.15, -0.1) is 11.3 Å². The first-order valence-electron chi connectivity index (χ1n) is 15.7. The average Bonchev–Trinajstić information content (AvgIpc) is 3.84. The maximum atomic E-state index is 12.0. The lowest BCUT2D eigenvalue weighted by Crippen LogP contribution is -2.47. The molecule has 1 fully saturated rings. The Hall–Kier alpha value is -6.49. The third-order valence-corrected chi connectivity index (χ3v) is 9.56. The van der Waals surface area contributed by atoms with Gasteiger partial charge in [-0.1, -0.05) is 12.1 Å². The summed E-state index contributed by atoms with van der Waals surface area (Å²) in [7, 11) is -3.26. The van der Waals surface area contributed by atoms with E-state index < -0.39 is 46.3 Å². The molecule has 1 aliphatic heterocycles. The van der Waals surface area contributed by atoms with Crippen LogP contribution in [0.5, 0.6) is 0 Å². The van der Waals surface area contributed by atoms with E-state index in [0.717, 1.165) is 70.3 Å². The molecule has 0 atom stereocenters. The van der Waals surface area contributed by atoms with Crippen molar-refractivity contribution < 1.29 is 77.6 Å². The molecular formula is C33H26F9N7O8S2. The molecule has 0 unspecified atom stereocenters. The van der Waals surface area contributed by atoms with Crippen LogP contribution in [0.15, 0.2) is 72.0 Å². The van der Waals surface area contributed by atoms with Gasteiger partial charge < -0.3 is 25.1 Å². The van der Waals surface area contributed by atoms with E-state index in [1.807, 2.05) is 30.3 Å². The van der Waals surface area contributed by atoms with Crippen LogP contribution in [0.1, 0.15) is 4.88 Å². The molecule has 6 rings (SSSR count). The number of hydrogen-bond acceptors (Lipinski definition) is 12. The molecule has 316 valence electrons. The minimum absolute atomic E-state index is 0.330. The molecule has 4 heterocycles. The number of sulfone groups is 1. The maximum absolute atomic E-state index is 12.0. The first-order valence-corrected chi connectivity index (χ1v) is 18.4. The number of nitrogens with zero attached hydrogens (tertiary/aromatic N) is 6. The first kappa shape index (κ1) is 46.9. The number of hydrogen-bond donors (Lipinski definition) is 4. The topological polar surface area (TPSA) is 231 Å². The molecule has 0 bridgehead atoms.